The van der Waals surface area contributed by atoms with Crippen molar-refractivity contribution in [2.45, 2.75) is 12.1 Å². The molecule has 0 spiro atoms. The van der Waals surface area contributed by atoms with Gasteiger partial charge in [0.2, 0.25) is 17.6 Å². The Morgan fingerprint density at radius 1 is 1.31 bits per heavy atom. The summed E-state index contributed by atoms with van der Waals surface area (Å²) in [5.74, 6) is 0.174. The molecule has 11 heteroatoms. The minimum absolute atomic E-state index is 0.0739. The Morgan fingerprint density at radius 3 is 2.76 bits per heavy atom. The first-order valence-electron chi connectivity index (χ1n) is 8.64. The summed E-state index contributed by atoms with van der Waals surface area (Å²) in [7, 11) is 3.12. The van der Waals surface area contributed by atoms with E-state index in [0.717, 1.165) is 12.1 Å². The Kier molecular flexibility index (Phi) is 4.52. The number of aryl methyl sites for hydroxylation is 1. The van der Waals surface area contributed by atoms with Gasteiger partial charge in [0.25, 0.3) is 5.91 Å². The van der Waals surface area contributed by atoms with E-state index in [4.69, 9.17) is 9.26 Å². The van der Waals surface area contributed by atoms with E-state index in [2.05, 4.69) is 15.2 Å². The van der Waals surface area contributed by atoms with Gasteiger partial charge in [-0.2, -0.15) is 18.2 Å². The van der Waals surface area contributed by atoms with E-state index >= 15 is 0 Å². The molecule has 0 unspecified atom stereocenters. The van der Waals surface area contributed by atoms with Gasteiger partial charge in [-0.15, -0.1) is 5.10 Å². The zero-order valence-corrected chi connectivity index (χ0v) is 15.5. The second-order valence-corrected chi connectivity index (χ2v) is 6.67. The molecule has 29 heavy (non-hydrogen) atoms. The Morgan fingerprint density at radius 2 is 2.07 bits per heavy atom. The van der Waals surface area contributed by atoms with Crippen LogP contribution in [0.15, 0.2) is 35.0 Å². The van der Waals surface area contributed by atoms with Gasteiger partial charge in [0.05, 0.1) is 18.6 Å². The zero-order chi connectivity index (χ0) is 20.8. The third-order valence-electron chi connectivity index (χ3n) is 4.63. The number of aromatic nitrogens is 4. The van der Waals surface area contributed by atoms with Crippen molar-refractivity contribution in [3.05, 3.63) is 47.5 Å². The minimum atomic E-state index is -4.45. The van der Waals surface area contributed by atoms with E-state index in [1.807, 2.05) is 0 Å². The average Bonchev–Trinajstić information content (AvgIpc) is 3.26. The Balaban J connectivity index is 1.45. The Hall–Kier alpha value is -3.37. The lowest BCUT2D eigenvalue weighted by Crippen LogP contribution is -2.48. The normalized spacial score (nSPS) is 14.7. The fraction of sp³-hybridized carbons (Fsp3) is 0.333. The van der Waals surface area contributed by atoms with E-state index in [-0.39, 0.29) is 35.0 Å². The summed E-state index contributed by atoms with van der Waals surface area (Å²) in [4.78, 5) is 18.4. The summed E-state index contributed by atoms with van der Waals surface area (Å²) >= 11 is 0. The third kappa shape index (κ3) is 3.55. The maximum Gasteiger partial charge on any atom is 0.416 e. The largest absolute Gasteiger partial charge is 0.479 e. The monoisotopic (exact) mass is 407 g/mol. The highest BCUT2D eigenvalue weighted by Crippen LogP contribution is 2.33. The lowest BCUT2D eigenvalue weighted by atomic mass is 9.99. The molecule has 0 aliphatic carbocycles. The van der Waals surface area contributed by atoms with Crippen LogP contribution in [0.1, 0.15) is 27.7 Å². The first-order chi connectivity index (χ1) is 13.8. The van der Waals surface area contributed by atoms with Gasteiger partial charge in [0, 0.05) is 31.9 Å². The number of nitrogens with zero attached hydrogens (tertiary/aromatic N) is 5. The van der Waals surface area contributed by atoms with Gasteiger partial charge in [0.1, 0.15) is 5.56 Å². The molecule has 1 aliphatic heterocycles. The molecule has 1 fully saturated rings. The summed E-state index contributed by atoms with van der Waals surface area (Å²) in [6.07, 6.45) is -2.88. The van der Waals surface area contributed by atoms with Crippen LogP contribution in [-0.4, -0.2) is 50.9 Å². The summed E-state index contributed by atoms with van der Waals surface area (Å²) in [6, 6.07) is 4.72. The highest BCUT2D eigenvalue weighted by molar-refractivity contribution is 5.96. The number of amides is 1. The molecule has 0 atom stereocenters. The number of alkyl halides is 3. The molecule has 0 bridgehead atoms. The SMILES string of the molecule is COc1nn(C)cc1C(=O)N1CC(c2nc(-c3cccc(C(F)(F)F)c3)no2)C1. The minimum Gasteiger partial charge on any atom is -0.479 e. The van der Waals surface area contributed by atoms with Crippen molar-refractivity contribution >= 4 is 5.91 Å². The van der Waals surface area contributed by atoms with Gasteiger partial charge in [-0.05, 0) is 12.1 Å². The molecule has 3 aromatic rings. The quantitative estimate of drug-likeness (QED) is 0.661. The number of methoxy groups -OCH3 is 1. The molecule has 1 saturated heterocycles. The summed E-state index contributed by atoms with van der Waals surface area (Å²) in [5, 5.41) is 7.84. The third-order valence-corrected chi connectivity index (χ3v) is 4.63. The number of carbonyl (C=O) groups excluding carboxylic acids is 1. The van der Waals surface area contributed by atoms with Crippen LogP contribution in [0.25, 0.3) is 11.4 Å². The van der Waals surface area contributed by atoms with Crippen LogP contribution in [-0.2, 0) is 13.2 Å². The molecule has 4 rings (SSSR count). The van der Waals surface area contributed by atoms with Crippen LogP contribution < -0.4 is 4.74 Å². The molecule has 0 N–H and O–H groups in total. The first-order valence-corrected chi connectivity index (χ1v) is 8.64. The van der Waals surface area contributed by atoms with Crippen LogP contribution in [0, 0.1) is 0 Å². The second-order valence-electron chi connectivity index (χ2n) is 6.67. The topological polar surface area (TPSA) is 86.3 Å². The lowest BCUT2D eigenvalue weighted by Gasteiger charge is -2.36. The fourth-order valence-electron chi connectivity index (χ4n) is 3.09. The van der Waals surface area contributed by atoms with Crippen LogP contribution >= 0.6 is 0 Å². The highest BCUT2D eigenvalue weighted by Gasteiger charge is 2.38. The Labute approximate surface area is 162 Å². The Bertz CT molecular complexity index is 1050. The molecule has 1 amide bonds. The standard InChI is InChI=1S/C18H16F3N5O3/c1-25-9-13(16(23-25)28-2)17(27)26-7-11(8-26)15-22-14(24-29-15)10-4-3-5-12(6-10)18(19,20)21/h3-6,9,11H,7-8H2,1-2H3. The number of benzene rings is 1. The van der Waals surface area contributed by atoms with Gasteiger partial charge in [0.15, 0.2) is 0 Å². The highest BCUT2D eigenvalue weighted by atomic mass is 19.4. The van der Waals surface area contributed by atoms with Gasteiger partial charge < -0.3 is 14.2 Å². The smallest absolute Gasteiger partial charge is 0.416 e. The van der Waals surface area contributed by atoms with Crippen LogP contribution in [0.3, 0.4) is 0 Å². The zero-order valence-electron chi connectivity index (χ0n) is 15.5. The first kappa shape index (κ1) is 19.0. The number of halogens is 3. The van der Waals surface area contributed by atoms with Crippen molar-refractivity contribution in [2.75, 3.05) is 20.2 Å². The van der Waals surface area contributed by atoms with E-state index in [1.54, 1.807) is 18.1 Å². The van der Waals surface area contributed by atoms with Gasteiger partial charge in [-0.1, -0.05) is 17.3 Å². The average molecular weight is 407 g/mol. The molecule has 8 nitrogen and oxygen atoms in total. The van der Waals surface area contributed by atoms with Crippen molar-refractivity contribution in [1.82, 2.24) is 24.8 Å². The molecular weight excluding hydrogens is 391 g/mol. The van der Waals surface area contributed by atoms with Crippen LogP contribution in [0.4, 0.5) is 13.2 Å². The van der Waals surface area contributed by atoms with Gasteiger partial charge >= 0.3 is 6.18 Å². The van der Waals surface area contributed by atoms with Crippen molar-refractivity contribution in [1.29, 1.82) is 0 Å². The summed E-state index contributed by atoms with van der Waals surface area (Å²) < 4.78 is 50.4. The molecule has 2 aromatic heterocycles. The van der Waals surface area contributed by atoms with Crippen molar-refractivity contribution < 1.29 is 27.2 Å². The van der Waals surface area contributed by atoms with E-state index in [0.29, 0.717) is 18.7 Å². The number of ether oxygens (including phenoxy) is 1. The lowest BCUT2D eigenvalue weighted by molar-refractivity contribution is -0.137. The van der Waals surface area contributed by atoms with E-state index in [1.165, 1.54) is 23.9 Å². The predicted molar refractivity (Wildman–Crippen MR) is 93.1 cm³/mol. The number of rotatable bonds is 4. The number of hydrogen-bond donors (Lipinski definition) is 0. The van der Waals surface area contributed by atoms with Crippen molar-refractivity contribution in [2.24, 2.45) is 7.05 Å². The van der Waals surface area contributed by atoms with Crippen molar-refractivity contribution in [3.8, 4) is 17.3 Å². The maximum atomic E-state index is 12.9. The molecule has 152 valence electrons. The summed E-state index contributed by atoms with van der Waals surface area (Å²) in [5.41, 5.74) is -0.224. The second kappa shape index (κ2) is 6.90. The molecule has 0 radical (unpaired) electrons. The van der Waals surface area contributed by atoms with E-state index in [9.17, 15) is 18.0 Å². The molecule has 1 aliphatic rings. The van der Waals surface area contributed by atoms with Gasteiger partial charge in [-0.25, -0.2) is 0 Å². The number of carbonyl (C=O) groups is 1. The fourth-order valence-corrected chi connectivity index (χ4v) is 3.09. The van der Waals surface area contributed by atoms with E-state index < -0.39 is 11.7 Å². The summed E-state index contributed by atoms with van der Waals surface area (Å²) in [6.45, 7) is 0.697. The molecule has 1 aromatic carbocycles. The number of hydrogen-bond acceptors (Lipinski definition) is 6. The van der Waals surface area contributed by atoms with Crippen LogP contribution in [0.5, 0.6) is 5.88 Å². The van der Waals surface area contributed by atoms with Crippen LogP contribution in [0.2, 0.25) is 0 Å². The van der Waals surface area contributed by atoms with Gasteiger partial charge in [-0.3, -0.25) is 9.48 Å². The predicted octanol–water partition coefficient (Wildman–Crippen LogP) is 2.74. The molecular formula is C18H16F3N5O3. The van der Waals surface area contributed by atoms with Crippen molar-refractivity contribution in [3.63, 3.8) is 0 Å². The molecule has 0 saturated carbocycles. The molecule has 3 heterocycles. The number of likely N-dealkylation sites (tertiary alicyclic amines) is 1. The maximum absolute atomic E-state index is 12.9.